The molecule has 0 aliphatic heterocycles. The molecule has 106 valence electrons. The number of H-pyrrole nitrogens is 1. The standard InChI is InChI=1S/C18H18N2O/c1-3-13-6-4-5-7-15(13)20-18(21)17-11-14-9-8-12(2)10-16(14)19-17/h4-11,19H,3H2,1-2H3,(H,20,21). The highest BCUT2D eigenvalue weighted by Gasteiger charge is 2.11. The first-order valence-electron chi connectivity index (χ1n) is 7.16. The van der Waals surface area contributed by atoms with Crippen LogP contribution in [0.3, 0.4) is 0 Å². The van der Waals surface area contributed by atoms with Crippen LogP contribution in [0, 0.1) is 6.92 Å². The van der Waals surface area contributed by atoms with Crippen molar-refractivity contribution in [3.05, 3.63) is 65.4 Å². The summed E-state index contributed by atoms with van der Waals surface area (Å²) in [6.45, 7) is 4.12. The fourth-order valence-electron chi connectivity index (χ4n) is 2.50. The van der Waals surface area contributed by atoms with E-state index in [1.54, 1.807) is 0 Å². The third-order valence-electron chi connectivity index (χ3n) is 3.67. The summed E-state index contributed by atoms with van der Waals surface area (Å²) >= 11 is 0. The van der Waals surface area contributed by atoms with Gasteiger partial charge < -0.3 is 10.3 Å². The monoisotopic (exact) mass is 278 g/mol. The summed E-state index contributed by atoms with van der Waals surface area (Å²) in [6.07, 6.45) is 0.891. The van der Waals surface area contributed by atoms with Gasteiger partial charge in [0.1, 0.15) is 5.69 Å². The summed E-state index contributed by atoms with van der Waals surface area (Å²) in [5.74, 6) is -0.107. The number of amides is 1. The maximum Gasteiger partial charge on any atom is 0.272 e. The van der Waals surface area contributed by atoms with Crippen LogP contribution in [0.25, 0.3) is 10.9 Å². The third-order valence-corrected chi connectivity index (χ3v) is 3.67. The molecule has 3 rings (SSSR count). The summed E-state index contributed by atoms with van der Waals surface area (Å²) in [4.78, 5) is 15.6. The van der Waals surface area contributed by atoms with Crippen LogP contribution in [0.2, 0.25) is 0 Å². The highest BCUT2D eigenvalue weighted by atomic mass is 16.1. The van der Waals surface area contributed by atoms with Gasteiger partial charge in [0, 0.05) is 16.6 Å². The Labute approximate surface area is 124 Å². The van der Waals surface area contributed by atoms with Crippen LogP contribution >= 0.6 is 0 Å². The minimum atomic E-state index is -0.107. The molecule has 2 N–H and O–H groups in total. The summed E-state index contributed by atoms with van der Waals surface area (Å²) in [5.41, 5.74) is 4.76. The van der Waals surface area contributed by atoms with E-state index in [-0.39, 0.29) is 5.91 Å². The molecule has 1 aromatic heterocycles. The Morgan fingerprint density at radius 2 is 1.95 bits per heavy atom. The number of benzene rings is 2. The number of para-hydroxylation sites is 1. The fourth-order valence-corrected chi connectivity index (χ4v) is 2.50. The van der Waals surface area contributed by atoms with E-state index in [2.05, 4.69) is 17.2 Å². The van der Waals surface area contributed by atoms with Gasteiger partial charge >= 0.3 is 0 Å². The lowest BCUT2D eigenvalue weighted by atomic mass is 10.1. The maximum absolute atomic E-state index is 12.4. The zero-order valence-electron chi connectivity index (χ0n) is 12.2. The van der Waals surface area contributed by atoms with E-state index >= 15 is 0 Å². The van der Waals surface area contributed by atoms with Crippen molar-refractivity contribution < 1.29 is 4.79 Å². The number of fused-ring (bicyclic) bond motifs is 1. The van der Waals surface area contributed by atoms with Gasteiger partial charge in [0.05, 0.1) is 0 Å². The molecule has 0 aliphatic carbocycles. The topological polar surface area (TPSA) is 44.9 Å². The molecule has 0 spiro atoms. The number of rotatable bonds is 3. The van der Waals surface area contributed by atoms with E-state index in [0.29, 0.717) is 5.69 Å². The van der Waals surface area contributed by atoms with Gasteiger partial charge in [-0.3, -0.25) is 4.79 Å². The zero-order chi connectivity index (χ0) is 14.8. The molecule has 0 unspecified atom stereocenters. The molecule has 0 radical (unpaired) electrons. The molecule has 3 nitrogen and oxygen atoms in total. The van der Waals surface area contributed by atoms with Crippen LogP contribution in [0.1, 0.15) is 28.5 Å². The van der Waals surface area contributed by atoms with Crippen LogP contribution in [-0.2, 0) is 6.42 Å². The number of aryl methyl sites for hydroxylation is 2. The van der Waals surface area contributed by atoms with Gasteiger partial charge in [-0.05, 0) is 42.7 Å². The molecule has 1 amide bonds. The van der Waals surface area contributed by atoms with Gasteiger partial charge in [0.25, 0.3) is 5.91 Å². The molecule has 0 bridgehead atoms. The van der Waals surface area contributed by atoms with Gasteiger partial charge in [-0.1, -0.05) is 37.3 Å². The minimum Gasteiger partial charge on any atom is -0.351 e. The molecule has 0 saturated carbocycles. The van der Waals surface area contributed by atoms with Gasteiger partial charge in [-0.25, -0.2) is 0 Å². The molecular weight excluding hydrogens is 260 g/mol. The van der Waals surface area contributed by atoms with Crippen molar-refractivity contribution in [1.82, 2.24) is 4.98 Å². The molecular formula is C18H18N2O. The predicted octanol–water partition coefficient (Wildman–Crippen LogP) is 4.29. The summed E-state index contributed by atoms with van der Waals surface area (Å²) in [6, 6.07) is 15.9. The van der Waals surface area contributed by atoms with Crippen LogP contribution in [0.15, 0.2) is 48.5 Å². The Morgan fingerprint density at radius 3 is 2.76 bits per heavy atom. The highest BCUT2D eigenvalue weighted by molar-refractivity contribution is 6.06. The zero-order valence-corrected chi connectivity index (χ0v) is 12.2. The summed E-state index contributed by atoms with van der Waals surface area (Å²) in [5, 5.41) is 4.03. The van der Waals surface area contributed by atoms with Crippen molar-refractivity contribution in [1.29, 1.82) is 0 Å². The Bertz CT molecular complexity index is 802. The number of nitrogens with one attached hydrogen (secondary N) is 2. The number of hydrogen-bond acceptors (Lipinski definition) is 1. The SMILES string of the molecule is CCc1ccccc1NC(=O)c1cc2ccc(C)cc2[nH]1. The Hall–Kier alpha value is -2.55. The molecule has 0 aliphatic rings. The molecule has 3 heteroatoms. The lowest BCUT2D eigenvalue weighted by molar-refractivity contribution is 0.102. The van der Waals surface area contributed by atoms with E-state index < -0.39 is 0 Å². The first-order valence-corrected chi connectivity index (χ1v) is 7.16. The molecule has 21 heavy (non-hydrogen) atoms. The van der Waals surface area contributed by atoms with E-state index in [1.807, 2.05) is 55.5 Å². The number of anilines is 1. The lowest BCUT2D eigenvalue weighted by Crippen LogP contribution is -2.13. The van der Waals surface area contributed by atoms with E-state index in [4.69, 9.17) is 0 Å². The Balaban J connectivity index is 1.90. The van der Waals surface area contributed by atoms with E-state index in [1.165, 1.54) is 5.56 Å². The lowest BCUT2D eigenvalue weighted by Gasteiger charge is -2.08. The van der Waals surface area contributed by atoms with Crippen molar-refractivity contribution >= 4 is 22.5 Å². The molecule has 1 heterocycles. The minimum absolute atomic E-state index is 0.107. The predicted molar refractivity (Wildman–Crippen MR) is 86.8 cm³/mol. The first-order chi connectivity index (χ1) is 10.2. The number of hydrogen-bond donors (Lipinski definition) is 2. The quantitative estimate of drug-likeness (QED) is 0.737. The first kappa shape index (κ1) is 13.4. The van der Waals surface area contributed by atoms with Gasteiger partial charge in [0.2, 0.25) is 0 Å². The molecule has 3 aromatic rings. The average Bonchev–Trinajstić information content (AvgIpc) is 2.91. The van der Waals surface area contributed by atoms with Crippen LogP contribution in [0.4, 0.5) is 5.69 Å². The van der Waals surface area contributed by atoms with Crippen molar-refractivity contribution in [2.75, 3.05) is 5.32 Å². The van der Waals surface area contributed by atoms with Gasteiger partial charge in [0.15, 0.2) is 0 Å². The second-order valence-electron chi connectivity index (χ2n) is 5.24. The maximum atomic E-state index is 12.4. The summed E-state index contributed by atoms with van der Waals surface area (Å²) in [7, 11) is 0. The smallest absolute Gasteiger partial charge is 0.272 e. The van der Waals surface area contributed by atoms with Crippen molar-refractivity contribution in [2.45, 2.75) is 20.3 Å². The Kier molecular flexibility index (Phi) is 3.48. The van der Waals surface area contributed by atoms with E-state index in [0.717, 1.165) is 28.6 Å². The van der Waals surface area contributed by atoms with Crippen LogP contribution in [0.5, 0.6) is 0 Å². The highest BCUT2D eigenvalue weighted by Crippen LogP contribution is 2.20. The van der Waals surface area contributed by atoms with Gasteiger partial charge in [-0.2, -0.15) is 0 Å². The van der Waals surface area contributed by atoms with Crippen molar-refractivity contribution in [3.8, 4) is 0 Å². The van der Waals surface area contributed by atoms with Crippen molar-refractivity contribution in [2.24, 2.45) is 0 Å². The number of carbonyl (C=O) groups is 1. The van der Waals surface area contributed by atoms with Crippen LogP contribution in [-0.4, -0.2) is 10.9 Å². The molecule has 0 fully saturated rings. The second kappa shape index (κ2) is 5.44. The molecule has 0 atom stereocenters. The number of carbonyl (C=O) groups excluding carboxylic acids is 1. The largest absolute Gasteiger partial charge is 0.351 e. The Morgan fingerprint density at radius 1 is 1.14 bits per heavy atom. The summed E-state index contributed by atoms with van der Waals surface area (Å²) < 4.78 is 0. The third kappa shape index (κ3) is 2.68. The second-order valence-corrected chi connectivity index (χ2v) is 5.24. The fraction of sp³-hybridized carbons (Fsp3) is 0.167. The van der Waals surface area contributed by atoms with Crippen molar-refractivity contribution in [3.63, 3.8) is 0 Å². The number of aromatic nitrogens is 1. The van der Waals surface area contributed by atoms with Crippen LogP contribution < -0.4 is 5.32 Å². The molecule has 2 aromatic carbocycles. The average molecular weight is 278 g/mol. The normalized spacial score (nSPS) is 10.8. The number of aromatic amines is 1. The van der Waals surface area contributed by atoms with E-state index in [9.17, 15) is 4.79 Å². The van der Waals surface area contributed by atoms with Gasteiger partial charge in [-0.15, -0.1) is 0 Å². The molecule has 0 saturated heterocycles.